The van der Waals surface area contributed by atoms with Gasteiger partial charge in [-0.3, -0.25) is 24.2 Å². The number of nitrogens with zero attached hydrogens (tertiary/aromatic N) is 6. The van der Waals surface area contributed by atoms with Gasteiger partial charge >= 0.3 is 0 Å². The van der Waals surface area contributed by atoms with Crippen molar-refractivity contribution >= 4 is 23.0 Å². The van der Waals surface area contributed by atoms with Crippen LogP contribution in [0.2, 0.25) is 0 Å². The lowest BCUT2D eigenvalue weighted by atomic mass is 10.0. The highest BCUT2D eigenvalue weighted by molar-refractivity contribution is 6.09. The Labute approximate surface area is 213 Å². The van der Waals surface area contributed by atoms with E-state index in [1.165, 1.54) is 35.1 Å². The Bertz CT molecular complexity index is 1470. The van der Waals surface area contributed by atoms with E-state index in [-0.39, 0.29) is 28.3 Å². The summed E-state index contributed by atoms with van der Waals surface area (Å²) in [4.78, 5) is 32.4. The predicted molar refractivity (Wildman–Crippen MR) is 137 cm³/mol. The molecule has 4 aromatic rings. The average Bonchev–Trinajstić information content (AvgIpc) is 3.58. The molecule has 0 saturated carbocycles. The molecule has 1 fully saturated rings. The van der Waals surface area contributed by atoms with Crippen LogP contribution < -0.4 is 10.6 Å². The number of aromatic nitrogens is 5. The highest BCUT2D eigenvalue weighted by Crippen LogP contribution is 2.27. The van der Waals surface area contributed by atoms with E-state index in [1.807, 2.05) is 13.2 Å². The molecule has 37 heavy (non-hydrogen) atoms. The van der Waals surface area contributed by atoms with Gasteiger partial charge in [0.25, 0.3) is 11.8 Å². The number of anilines is 1. The van der Waals surface area contributed by atoms with Gasteiger partial charge in [-0.15, -0.1) is 0 Å². The molecule has 1 aliphatic rings. The van der Waals surface area contributed by atoms with Crippen LogP contribution in [0.3, 0.4) is 0 Å². The van der Waals surface area contributed by atoms with Crippen LogP contribution in [0.4, 0.5) is 10.1 Å². The lowest BCUT2D eigenvalue weighted by Gasteiger charge is -2.31. The van der Waals surface area contributed by atoms with Crippen molar-refractivity contribution in [2.45, 2.75) is 32.2 Å². The first-order valence-electron chi connectivity index (χ1n) is 12.2. The smallest absolute Gasteiger partial charge is 0.259 e. The van der Waals surface area contributed by atoms with Gasteiger partial charge in [0.2, 0.25) is 0 Å². The fourth-order valence-electron chi connectivity index (χ4n) is 4.70. The van der Waals surface area contributed by atoms with Crippen molar-refractivity contribution in [1.29, 1.82) is 0 Å². The van der Waals surface area contributed by atoms with E-state index in [0.29, 0.717) is 17.8 Å². The van der Waals surface area contributed by atoms with Crippen molar-refractivity contribution in [2.75, 3.05) is 25.0 Å². The summed E-state index contributed by atoms with van der Waals surface area (Å²) in [6, 6.07) is 3.91. The van der Waals surface area contributed by atoms with Gasteiger partial charge in [0.1, 0.15) is 5.82 Å². The molecule has 10 nitrogen and oxygen atoms in total. The zero-order valence-corrected chi connectivity index (χ0v) is 21.0. The number of hydrogen-bond donors (Lipinski definition) is 2. The third-order valence-corrected chi connectivity index (χ3v) is 6.87. The van der Waals surface area contributed by atoms with Crippen molar-refractivity contribution in [3.63, 3.8) is 0 Å². The van der Waals surface area contributed by atoms with E-state index in [0.717, 1.165) is 31.5 Å². The third kappa shape index (κ3) is 5.08. The molecule has 0 aliphatic carbocycles. The second-order valence-electron chi connectivity index (χ2n) is 9.87. The summed E-state index contributed by atoms with van der Waals surface area (Å²) in [6.07, 6.45) is 10.4. The minimum atomic E-state index is -0.642. The van der Waals surface area contributed by atoms with E-state index in [4.69, 9.17) is 0 Å². The molecule has 2 amide bonds. The number of benzene rings is 1. The van der Waals surface area contributed by atoms with Crippen LogP contribution in [0.25, 0.3) is 16.8 Å². The Balaban J connectivity index is 1.27. The Morgan fingerprint density at radius 1 is 1.11 bits per heavy atom. The minimum absolute atomic E-state index is 0.0855. The topological polar surface area (TPSA) is 109 Å². The molecule has 0 bridgehead atoms. The quantitative estimate of drug-likeness (QED) is 0.400. The van der Waals surface area contributed by atoms with Crippen molar-refractivity contribution < 1.29 is 14.0 Å². The second-order valence-corrected chi connectivity index (χ2v) is 9.87. The maximum atomic E-state index is 14.5. The molecule has 0 atom stereocenters. The van der Waals surface area contributed by atoms with Crippen molar-refractivity contribution in [3.05, 3.63) is 66.1 Å². The minimum Gasteiger partial charge on any atom is -0.351 e. The predicted octanol–water partition coefficient (Wildman–Crippen LogP) is 3.13. The van der Waals surface area contributed by atoms with Crippen molar-refractivity contribution in [3.8, 4) is 11.3 Å². The highest BCUT2D eigenvalue weighted by atomic mass is 19.1. The van der Waals surface area contributed by atoms with Gasteiger partial charge < -0.3 is 10.6 Å². The molecule has 0 unspecified atom stereocenters. The van der Waals surface area contributed by atoms with E-state index >= 15 is 0 Å². The first kappa shape index (κ1) is 24.6. The first-order chi connectivity index (χ1) is 17.7. The van der Waals surface area contributed by atoms with Crippen LogP contribution in [0, 0.1) is 5.82 Å². The third-order valence-electron chi connectivity index (χ3n) is 6.87. The van der Waals surface area contributed by atoms with Crippen LogP contribution >= 0.6 is 0 Å². The number of aryl methyl sites for hydroxylation is 1. The molecule has 11 heteroatoms. The van der Waals surface area contributed by atoms with Crippen LogP contribution in [0.5, 0.6) is 0 Å². The van der Waals surface area contributed by atoms with Crippen LogP contribution in [-0.2, 0) is 7.05 Å². The van der Waals surface area contributed by atoms with Gasteiger partial charge in [-0.2, -0.15) is 10.2 Å². The van der Waals surface area contributed by atoms with Gasteiger partial charge in [0.05, 0.1) is 47.2 Å². The Hall–Kier alpha value is -4.12. The Kier molecular flexibility index (Phi) is 6.46. The standard InChI is InChI=1S/C26H29FN8O2/c1-26(2)7-4-9-34(26)10-8-28-24(36)17-5-6-20(27)21(11-17)32-25(37)19-13-31-35-16-22(29-14-23(19)35)18-12-30-33(3)15-18/h5-6,11-16H,4,7-10H2,1-3H3,(H,28,36)(H,32,37). The molecule has 1 saturated heterocycles. The van der Waals surface area contributed by atoms with Crippen LogP contribution in [0.1, 0.15) is 47.4 Å². The summed E-state index contributed by atoms with van der Waals surface area (Å²) in [7, 11) is 1.81. The molecule has 1 aromatic carbocycles. The summed E-state index contributed by atoms with van der Waals surface area (Å²) in [6.45, 7) is 6.65. The summed E-state index contributed by atoms with van der Waals surface area (Å²) in [5, 5.41) is 13.8. The van der Waals surface area contributed by atoms with E-state index in [1.54, 1.807) is 17.1 Å². The molecule has 3 aromatic heterocycles. The molecule has 1 aliphatic heterocycles. The number of carbonyl (C=O) groups excluding carboxylic acids is 2. The van der Waals surface area contributed by atoms with Gasteiger partial charge in [-0.05, 0) is 51.4 Å². The van der Waals surface area contributed by atoms with E-state index < -0.39 is 11.7 Å². The fraction of sp³-hybridized carbons (Fsp3) is 0.346. The van der Waals surface area contributed by atoms with Crippen molar-refractivity contribution in [1.82, 2.24) is 34.6 Å². The number of rotatable bonds is 7. The summed E-state index contributed by atoms with van der Waals surface area (Å²) in [5.41, 5.74) is 2.46. The molecule has 192 valence electrons. The summed E-state index contributed by atoms with van der Waals surface area (Å²) < 4.78 is 17.7. The number of likely N-dealkylation sites (tertiary alicyclic amines) is 1. The monoisotopic (exact) mass is 504 g/mol. The Morgan fingerprint density at radius 3 is 2.68 bits per heavy atom. The Morgan fingerprint density at radius 2 is 1.95 bits per heavy atom. The number of amides is 2. The molecular weight excluding hydrogens is 475 g/mol. The molecule has 0 radical (unpaired) electrons. The zero-order valence-electron chi connectivity index (χ0n) is 21.0. The molecule has 4 heterocycles. The molecule has 0 spiro atoms. The first-order valence-corrected chi connectivity index (χ1v) is 12.2. The molecular formula is C26H29FN8O2. The maximum absolute atomic E-state index is 14.5. The van der Waals surface area contributed by atoms with Gasteiger partial charge in [0, 0.05) is 43.0 Å². The lowest BCUT2D eigenvalue weighted by molar-refractivity contribution is 0.0939. The van der Waals surface area contributed by atoms with E-state index in [9.17, 15) is 14.0 Å². The number of fused-ring (bicyclic) bond motifs is 1. The molecule has 2 N–H and O–H groups in total. The maximum Gasteiger partial charge on any atom is 0.259 e. The summed E-state index contributed by atoms with van der Waals surface area (Å²) in [5.74, 6) is -1.52. The number of carbonyl (C=O) groups is 2. The van der Waals surface area contributed by atoms with Crippen molar-refractivity contribution in [2.24, 2.45) is 7.05 Å². The van der Waals surface area contributed by atoms with Crippen LogP contribution in [0.15, 0.2) is 49.2 Å². The number of hydrogen-bond acceptors (Lipinski definition) is 6. The van der Waals surface area contributed by atoms with Gasteiger partial charge in [-0.25, -0.2) is 8.91 Å². The fourth-order valence-corrected chi connectivity index (χ4v) is 4.70. The lowest BCUT2D eigenvalue weighted by Crippen LogP contribution is -2.43. The average molecular weight is 505 g/mol. The normalized spacial score (nSPS) is 15.2. The largest absolute Gasteiger partial charge is 0.351 e. The van der Waals surface area contributed by atoms with Crippen LogP contribution in [-0.4, -0.2) is 66.3 Å². The van der Waals surface area contributed by atoms with Gasteiger partial charge in [0.15, 0.2) is 0 Å². The molecule has 5 rings (SSSR count). The SMILES string of the molecule is Cn1cc(-c2cn3ncc(C(=O)Nc4cc(C(=O)NCCN5CCCC5(C)C)ccc4F)c3cn2)cn1. The number of halogens is 1. The number of nitrogens with one attached hydrogen (secondary N) is 2. The van der Waals surface area contributed by atoms with E-state index in [2.05, 4.69) is 44.6 Å². The highest BCUT2D eigenvalue weighted by Gasteiger charge is 2.31. The second kappa shape index (κ2) is 9.74. The van der Waals surface area contributed by atoms with Gasteiger partial charge in [-0.1, -0.05) is 0 Å². The zero-order chi connectivity index (χ0) is 26.2. The summed E-state index contributed by atoms with van der Waals surface area (Å²) >= 11 is 0.